The van der Waals surface area contributed by atoms with Crippen molar-refractivity contribution >= 4 is 22.2 Å². The number of aliphatic hydroxyl groups is 1. The summed E-state index contributed by atoms with van der Waals surface area (Å²) in [5.74, 6) is 0.978. The van der Waals surface area contributed by atoms with Crippen molar-refractivity contribution in [3.8, 4) is 0 Å². The van der Waals surface area contributed by atoms with Crippen LogP contribution in [0.1, 0.15) is 0 Å². The lowest BCUT2D eigenvalue weighted by atomic mass is 10.1. The number of rotatable bonds is 3. The normalized spacial score (nSPS) is 16.7. The highest BCUT2D eigenvalue weighted by molar-refractivity contribution is 6.00. The number of hydrogen-bond acceptors (Lipinski definition) is 6. The molecule has 0 unspecified atom stereocenters. The highest BCUT2D eigenvalue weighted by Crippen LogP contribution is 2.27. The van der Waals surface area contributed by atoms with Gasteiger partial charge in [-0.05, 0) is 0 Å². The van der Waals surface area contributed by atoms with Gasteiger partial charge >= 0.3 is 0 Å². The zero-order chi connectivity index (χ0) is 14.9. The molecule has 4 rings (SSSR count). The highest BCUT2D eigenvalue weighted by atomic mass is 16.3. The van der Waals surface area contributed by atoms with E-state index in [1.807, 2.05) is 12.1 Å². The van der Waals surface area contributed by atoms with E-state index in [1.165, 1.54) is 0 Å². The maximum Gasteiger partial charge on any atom is 0.185 e. The molecule has 0 atom stereocenters. The smallest absolute Gasteiger partial charge is 0.185 e. The third kappa shape index (κ3) is 2.18. The van der Waals surface area contributed by atoms with E-state index in [-0.39, 0.29) is 6.61 Å². The van der Waals surface area contributed by atoms with Crippen LogP contribution in [0.3, 0.4) is 0 Å². The van der Waals surface area contributed by atoms with Crippen LogP contribution in [0.25, 0.3) is 16.4 Å². The fourth-order valence-corrected chi connectivity index (χ4v) is 3.07. The molecule has 1 aliphatic heterocycles. The van der Waals surface area contributed by atoms with Gasteiger partial charge in [-0.3, -0.25) is 4.90 Å². The molecular weight excluding hydrogens is 280 g/mol. The van der Waals surface area contributed by atoms with Gasteiger partial charge in [0.2, 0.25) is 0 Å². The minimum absolute atomic E-state index is 0.216. The van der Waals surface area contributed by atoms with Crippen molar-refractivity contribution in [3.05, 3.63) is 30.6 Å². The summed E-state index contributed by atoms with van der Waals surface area (Å²) in [6, 6.07) is 8.20. The molecule has 1 N–H and O–H groups in total. The molecule has 0 aliphatic carbocycles. The van der Waals surface area contributed by atoms with Gasteiger partial charge in [0.05, 0.1) is 6.61 Å². The van der Waals surface area contributed by atoms with Crippen LogP contribution in [0.5, 0.6) is 0 Å². The minimum Gasteiger partial charge on any atom is -0.395 e. The number of benzene rings is 1. The Kier molecular flexibility index (Phi) is 3.36. The van der Waals surface area contributed by atoms with Crippen molar-refractivity contribution in [2.75, 3.05) is 44.2 Å². The summed E-state index contributed by atoms with van der Waals surface area (Å²) >= 11 is 0. The predicted molar refractivity (Wildman–Crippen MR) is 84.0 cm³/mol. The Bertz CT molecular complexity index is 793. The summed E-state index contributed by atoms with van der Waals surface area (Å²) in [6.07, 6.45) is 1.65. The Morgan fingerprint density at radius 3 is 2.59 bits per heavy atom. The lowest BCUT2D eigenvalue weighted by molar-refractivity contribution is 0.188. The first-order valence-electron chi connectivity index (χ1n) is 7.54. The Balaban J connectivity index is 1.74. The van der Waals surface area contributed by atoms with Gasteiger partial charge in [-0.15, -0.1) is 15.3 Å². The summed E-state index contributed by atoms with van der Waals surface area (Å²) in [6.45, 7) is 4.66. The number of piperazine rings is 1. The second-order valence-electron chi connectivity index (χ2n) is 5.52. The average Bonchev–Trinajstić information content (AvgIpc) is 3.04. The van der Waals surface area contributed by atoms with Crippen molar-refractivity contribution in [2.45, 2.75) is 0 Å². The molecule has 0 amide bonds. The van der Waals surface area contributed by atoms with Crippen molar-refractivity contribution in [2.24, 2.45) is 0 Å². The van der Waals surface area contributed by atoms with Crippen LogP contribution >= 0.6 is 0 Å². The number of β-amino-alcohol motifs (C(OH)–C–C–N with tert-alkyl or cyclic N) is 1. The Labute approximate surface area is 127 Å². The van der Waals surface area contributed by atoms with E-state index >= 15 is 0 Å². The van der Waals surface area contributed by atoms with Crippen LogP contribution < -0.4 is 4.90 Å². The number of fused-ring (bicyclic) bond motifs is 3. The lowest BCUT2D eigenvalue weighted by Gasteiger charge is -2.35. The number of anilines is 1. The SMILES string of the molecule is OCCN1CCN(c2nn3cnnc3c3ccccc23)CC1. The second-order valence-corrected chi connectivity index (χ2v) is 5.52. The van der Waals surface area contributed by atoms with Crippen LogP contribution in [-0.4, -0.2) is 69.1 Å². The number of nitrogens with zero attached hydrogens (tertiary/aromatic N) is 6. The maximum atomic E-state index is 9.05. The van der Waals surface area contributed by atoms with Gasteiger partial charge in [-0.2, -0.15) is 4.52 Å². The molecule has 0 spiro atoms. The molecule has 0 radical (unpaired) electrons. The van der Waals surface area contributed by atoms with E-state index in [2.05, 4.69) is 32.1 Å². The molecule has 22 heavy (non-hydrogen) atoms. The van der Waals surface area contributed by atoms with Crippen molar-refractivity contribution in [3.63, 3.8) is 0 Å². The first kappa shape index (κ1) is 13.4. The zero-order valence-electron chi connectivity index (χ0n) is 12.3. The van der Waals surface area contributed by atoms with E-state index in [1.54, 1.807) is 10.8 Å². The highest BCUT2D eigenvalue weighted by Gasteiger charge is 2.20. The molecule has 1 fully saturated rings. The van der Waals surface area contributed by atoms with Crippen LogP contribution in [0, 0.1) is 0 Å². The molecule has 3 aromatic rings. The number of aromatic nitrogens is 4. The second kappa shape index (κ2) is 5.51. The molecule has 7 nitrogen and oxygen atoms in total. The first-order chi connectivity index (χ1) is 10.9. The molecule has 1 aliphatic rings. The Morgan fingerprint density at radius 2 is 1.82 bits per heavy atom. The van der Waals surface area contributed by atoms with Crippen LogP contribution in [0.4, 0.5) is 5.82 Å². The fourth-order valence-electron chi connectivity index (χ4n) is 3.07. The van der Waals surface area contributed by atoms with Gasteiger partial charge in [0.25, 0.3) is 0 Å². The average molecular weight is 298 g/mol. The summed E-state index contributed by atoms with van der Waals surface area (Å²) < 4.78 is 1.75. The number of hydrogen-bond donors (Lipinski definition) is 1. The zero-order valence-corrected chi connectivity index (χ0v) is 12.3. The van der Waals surface area contributed by atoms with Gasteiger partial charge in [-0.1, -0.05) is 24.3 Å². The maximum absolute atomic E-state index is 9.05. The van der Waals surface area contributed by atoms with E-state index in [0.29, 0.717) is 0 Å². The van der Waals surface area contributed by atoms with Crippen molar-refractivity contribution in [1.29, 1.82) is 0 Å². The van der Waals surface area contributed by atoms with E-state index < -0.39 is 0 Å². The summed E-state index contributed by atoms with van der Waals surface area (Å²) in [5, 5.41) is 24.1. The molecular formula is C15H18N6O. The molecule has 0 saturated carbocycles. The standard InChI is InChI=1S/C15H18N6O/c22-10-9-19-5-7-20(8-6-19)15-13-4-2-1-3-12(13)14-17-16-11-21(14)18-15/h1-4,11,22H,5-10H2. The van der Waals surface area contributed by atoms with Gasteiger partial charge in [0, 0.05) is 43.5 Å². The monoisotopic (exact) mass is 298 g/mol. The molecule has 3 heterocycles. The van der Waals surface area contributed by atoms with Gasteiger partial charge in [0.1, 0.15) is 6.33 Å². The molecule has 1 saturated heterocycles. The third-order valence-electron chi connectivity index (χ3n) is 4.23. The van der Waals surface area contributed by atoms with Gasteiger partial charge < -0.3 is 10.0 Å². The summed E-state index contributed by atoms with van der Waals surface area (Å²) in [7, 11) is 0. The molecule has 1 aromatic carbocycles. The van der Waals surface area contributed by atoms with E-state index in [4.69, 9.17) is 10.2 Å². The van der Waals surface area contributed by atoms with Crippen molar-refractivity contribution in [1.82, 2.24) is 24.7 Å². The molecule has 7 heteroatoms. The van der Waals surface area contributed by atoms with Crippen LogP contribution in [0.2, 0.25) is 0 Å². The molecule has 114 valence electrons. The van der Waals surface area contributed by atoms with Crippen molar-refractivity contribution < 1.29 is 5.11 Å². The number of aliphatic hydroxyl groups excluding tert-OH is 1. The topological polar surface area (TPSA) is 69.8 Å². The predicted octanol–water partition coefficient (Wildman–Crippen LogP) is 0.392. The summed E-state index contributed by atoms with van der Waals surface area (Å²) in [5.41, 5.74) is 0.790. The molecule has 0 bridgehead atoms. The molecule has 2 aromatic heterocycles. The van der Waals surface area contributed by atoms with E-state index in [9.17, 15) is 0 Å². The minimum atomic E-state index is 0.216. The third-order valence-corrected chi connectivity index (χ3v) is 4.23. The fraction of sp³-hybridized carbons (Fsp3) is 0.400. The Morgan fingerprint density at radius 1 is 1.05 bits per heavy atom. The quantitative estimate of drug-likeness (QED) is 0.754. The van der Waals surface area contributed by atoms with E-state index in [0.717, 1.165) is 55.0 Å². The van der Waals surface area contributed by atoms with Gasteiger partial charge in [-0.25, -0.2) is 0 Å². The lowest BCUT2D eigenvalue weighted by Crippen LogP contribution is -2.47. The summed E-state index contributed by atoms with van der Waals surface area (Å²) in [4.78, 5) is 4.58. The largest absolute Gasteiger partial charge is 0.395 e. The van der Waals surface area contributed by atoms with Crippen LogP contribution in [0.15, 0.2) is 30.6 Å². The van der Waals surface area contributed by atoms with Gasteiger partial charge in [0.15, 0.2) is 11.5 Å². The Hall–Kier alpha value is -2.25. The van der Waals surface area contributed by atoms with Crippen LogP contribution in [-0.2, 0) is 0 Å². The first-order valence-corrected chi connectivity index (χ1v) is 7.54.